The molecule has 0 aromatic heterocycles. The Kier molecular flexibility index (Phi) is 47.3. The predicted octanol–water partition coefficient (Wildman–Crippen LogP) is -9.87. The summed E-state index contributed by atoms with van der Waals surface area (Å²) < 4.78 is 135. The van der Waals surface area contributed by atoms with E-state index in [0.717, 1.165) is 0 Å². The highest BCUT2D eigenvalue weighted by molar-refractivity contribution is 7.46. The van der Waals surface area contributed by atoms with Gasteiger partial charge in [-0.25, -0.2) is 0 Å². The predicted molar refractivity (Wildman–Crippen MR) is 442 cm³/mol. The third-order valence-electron chi connectivity index (χ3n) is 22.1. The molecule has 0 bridgehead atoms. The van der Waals surface area contributed by atoms with Crippen LogP contribution in [0.1, 0.15) is 108 Å². The molecule has 132 heavy (non-hydrogen) atoms. The molecule has 6 fully saturated rings. The molecular weight excluding hydrogens is 1830 g/mol. The Morgan fingerprint density at radius 1 is 0.273 bits per heavy atom. The molecule has 1 aromatic carbocycles. The lowest BCUT2D eigenvalue weighted by molar-refractivity contribution is -0.870. The quantitative estimate of drug-likeness (QED) is 0.0164. The molecule has 0 radical (unpaired) electrons. The van der Waals surface area contributed by atoms with E-state index < -0.39 is 265 Å². The number of quaternary nitrogens is 3. The van der Waals surface area contributed by atoms with Crippen molar-refractivity contribution in [3.05, 3.63) is 34.9 Å². The maximum Gasteiger partial charge on any atom is 0.268 e. The van der Waals surface area contributed by atoms with E-state index >= 15 is 0 Å². The van der Waals surface area contributed by atoms with Crippen LogP contribution in [0.25, 0.3) is 0 Å². The Morgan fingerprint density at radius 3 is 0.667 bits per heavy atom. The van der Waals surface area contributed by atoms with Gasteiger partial charge in [0.1, 0.15) is 186 Å². The molecule has 33 atom stereocenters. The number of aliphatic hydroxyl groups excluding tert-OH is 18. The van der Waals surface area contributed by atoms with Crippen LogP contribution in [-0.4, -0.2) is 489 Å². The van der Waals surface area contributed by atoms with Crippen LogP contribution in [0, 0.1) is 0 Å². The minimum atomic E-state index is -4.93. The molecule has 0 spiro atoms. The number of ether oxygens (including phenoxy) is 12. The van der Waals surface area contributed by atoms with Crippen LogP contribution in [0.15, 0.2) is 18.2 Å². The number of hydrogen-bond donors (Lipinski definition) is 21. The third kappa shape index (κ3) is 37.6. The van der Waals surface area contributed by atoms with E-state index in [0.29, 0.717) is 110 Å². The van der Waals surface area contributed by atoms with Crippen molar-refractivity contribution in [2.45, 2.75) is 261 Å². The summed E-state index contributed by atoms with van der Waals surface area (Å²) in [7, 11) is 1.45. The third-order valence-corrected chi connectivity index (χ3v) is 25.0. The van der Waals surface area contributed by atoms with Gasteiger partial charge in [0.2, 0.25) is 0 Å². The normalized spacial score (nSPS) is 34.7. The zero-order chi connectivity index (χ0) is 98.0. The van der Waals surface area contributed by atoms with E-state index in [1.165, 1.54) is 18.2 Å². The topological polar surface area (TPSA) is 738 Å². The van der Waals surface area contributed by atoms with Crippen molar-refractivity contribution in [3.63, 3.8) is 0 Å². The number of phosphoric acid groups is 3. The fourth-order valence-electron chi connectivity index (χ4n) is 13.9. The van der Waals surface area contributed by atoms with Gasteiger partial charge in [0.25, 0.3) is 41.2 Å². The molecule has 21 N–H and O–H groups in total. The zero-order valence-corrected chi connectivity index (χ0v) is 78.2. The molecule has 7 rings (SSSR count). The molecule has 3 unspecified atom stereocenters. The number of carbonyl (C=O) groups is 3. The second-order valence-electron chi connectivity index (χ2n) is 36.3. The number of hydrogen-bond acceptors (Lipinski definition) is 45. The van der Waals surface area contributed by atoms with Gasteiger partial charge >= 0.3 is 0 Å². The molecule has 1 aromatic rings. The lowest BCUT2D eigenvalue weighted by Crippen LogP contribution is -2.61. The number of unbranched alkanes of at least 4 members (excludes halogenated alkanes) is 9. The summed E-state index contributed by atoms with van der Waals surface area (Å²) in [5, 5.41) is 201. The first-order valence-electron chi connectivity index (χ1n) is 43.9. The van der Waals surface area contributed by atoms with Crippen LogP contribution >= 0.6 is 23.5 Å². The second kappa shape index (κ2) is 54.0. The maximum absolute atomic E-state index is 13.9. The molecule has 6 heterocycles. The van der Waals surface area contributed by atoms with Crippen LogP contribution in [0.4, 0.5) is 0 Å². The fraction of sp³-hybridized carbons (Fsp3) is 0.885. The summed E-state index contributed by atoms with van der Waals surface area (Å²) >= 11 is 0. The average Bonchev–Trinajstić information content (AvgIpc) is 0.859. The largest absolute Gasteiger partial charge is 0.756 e. The van der Waals surface area contributed by atoms with Crippen LogP contribution in [0.3, 0.4) is 0 Å². The van der Waals surface area contributed by atoms with Gasteiger partial charge < -0.3 is 220 Å². The summed E-state index contributed by atoms with van der Waals surface area (Å²) in [5.74, 6) is -1.93. The summed E-state index contributed by atoms with van der Waals surface area (Å²) in [6.07, 6.45) is -46.7. The first kappa shape index (κ1) is 116. The van der Waals surface area contributed by atoms with Gasteiger partial charge in [-0.05, 0) is 56.7 Å². The van der Waals surface area contributed by atoms with Gasteiger partial charge in [-0.1, -0.05) is 38.5 Å². The molecule has 51 nitrogen and oxygen atoms in total. The maximum atomic E-state index is 13.9. The van der Waals surface area contributed by atoms with Crippen molar-refractivity contribution in [2.24, 2.45) is 0 Å². The fourth-order valence-corrected chi connectivity index (χ4v) is 16.0. The number of carbonyl (C=O) groups excluding carboxylic acids is 3. The van der Waals surface area contributed by atoms with Crippen LogP contribution in [0.5, 0.6) is 0 Å². The van der Waals surface area contributed by atoms with Gasteiger partial charge in [0.15, 0.2) is 37.7 Å². The monoisotopic (exact) mass is 1970 g/mol. The van der Waals surface area contributed by atoms with Gasteiger partial charge in [-0.3, -0.25) is 28.1 Å². The summed E-state index contributed by atoms with van der Waals surface area (Å²) in [4.78, 5) is 78.9. The minimum absolute atomic E-state index is 0.0483. The summed E-state index contributed by atoms with van der Waals surface area (Å²) in [6, 6.07) is 3.92. The average molecular weight is 1980 g/mol. The van der Waals surface area contributed by atoms with E-state index in [4.69, 9.17) is 84.0 Å². The van der Waals surface area contributed by atoms with Crippen LogP contribution in [-0.2, 0) is 97.7 Å². The minimum Gasteiger partial charge on any atom is -0.756 e. The Bertz CT molecular complexity index is 3360. The molecular formula is C78H141N6O45P3. The Morgan fingerprint density at radius 2 is 0.462 bits per heavy atom. The van der Waals surface area contributed by atoms with E-state index in [1.54, 1.807) is 63.4 Å². The first-order chi connectivity index (χ1) is 61.8. The number of likely N-dealkylation sites (N-methyl/N-ethyl adjacent to an activating group) is 3. The van der Waals surface area contributed by atoms with E-state index in [9.17, 15) is 135 Å². The molecule has 0 aliphatic carbocycles. The molecule has 3 amide bonds. The van der Waals surface area contributed by atoms with Gasteiger partial charge in [-0.2, -0.15) is 0 Å². The summed E-state index contributed by atoms with van der Waals surface area (Å²) in [5.41, 5.74) is -0.148. The SMILES string of the molecule is C[N+](C)(C)CCOP(=O)([O-])OC[C@H]1O[C@@H](OC[C@H]2O[C@@H](OCCCCCCNC(=O)c3cc(C(=O)NCCCCCCO[C@@H]4O[C@H](CO[C@@H]5O[C@H](COP(=O)([O-])OCC[N+](C)(C)C)[C@H](O)[C@H](O)[C@H]5O)[C@H](O)[C@H](O)[C@H]4O)cc(C(=O)NCCCCCCO[C@@H]4O[C@H](CO[C@@H]5O[C@H](COP(=O)([O-])OCC[N+](C)(C)C)[C@H](O)[C@H](O)[C@H]5O)[C@H](O)[C@H](O)[C@H]4O)c3)[C@H](O)[C@@H](O)[C@H]2O)[C@H](O)[C@@H](O)[C@H]1O. The Hall–Kier alpha value is -3.36. The van der Waals surface area contributed by atoms with Crippen LogP contribution in [0.2, 0.25) is 0 Å². The lowest BCUT2D eigenvalue weighted by Gasteiger charge is -2.43. The second-order valence-corrected chi connectivity index (χ2v) is 40.5. The van der Waals surface area contributed by atoms with Crippen molar-refractivity contribution in [2.75, 3.05) is 182 Å². The van der Waals surface area contributed by atoms with Gasteiger partial charge in [-0.15, -0.1) is 0 Å². The lowest BCUT2D eigenvalue weighted by atomic mass is 9.98. The number of rotatable bonds is 57. The number of nitrogens with zero attached hydrogens (tertiary/aromatic N) is 3. The number of phosphoric ester groups is 3. The molecule has 6 aliphatic rings. The smallest absolute Gasteiger partial charge is 0.268 e. The Labute approximate surface area is 764 Å². The van der Waals surface area contributed by atoms with Gasteiger partial charge in [0, 0.05) is 56.1 Å². The number of aliphatic hydroxyl groups is 18. The highest BCUT2D eigenvalue weighted by atomic mass is 31.2. The molecule has 54 heteroatoms. The highest BCUT2D eigenvalue weighted by Crippen LogP contribution is 2.43. The van der Waals surface area contributed by atoms with E-state index in [-0.39, 0.29) is 76.0 Å². The number of amides is 3. The van der Waals surface area contributed by atoms with Crippen molar-refractivity contribution in [3.8, 4) is 0 Å². The van der Waals surface area contributed by atoms with Crippen molar-refractivity contribution >= 4 is 41.2 Å². The number of benzene rings is 1. The molecule has 768 valence electrons. The standard InChI is InChI=1S/C78H141N6O45P3/c1-82(2,3)25-31-118-130(106,107)121-40-49-55(88)61(94)67(100)76(127-49)115-37-46-52(85)58(91)64(97)73(124-46)112-28-19-13-10-16-22-79-70(103)43-34-44(71(104)80-23-17-11-14-20-29-113-74-65(98)59(92)53(86)47(125-74)38-116-77-68(101)62(95)56(89)50(128-77)41-122-131(108,109)119-32-26-83(4,5)6)36-45(35-43)72(105)81-24-18-12-15-21-30-114-75-66(99)60(93)54(87)48(126-75)39-117-78-69(102)63(96)57(90)51(129-78)42-123-132(110,111)120-33-27-84(7,8)9/h34-36,46-69,73-78,85-102H,10-33,37-42H2,1-9H3,(H3-3,79,80,81,103,104,105,106,107,108,109,110,111)/t46-,47-,48-,49-,50-,51-,52+,53+,54+,55+,56+,57+,58+,59+,60+,61+,62+,63+,64-,65-,66-,67-,68-,69-,73-,74-,75-,76-,77-,78-/m1/s1. The van der Waals surface area contributed by atoms with Crippen molar-refractivity contribution in [1.82, 2.24) is 16.0 Å². The van der Waals surface area contributed by atoms with Crippen LogP contribution < -0.4 is 30.6 Å². The highest BCUT2D eigenvalue weighted by Gasteiger charge is 2.53. The van der Waals surface area contributed by atoms with Gasteiger partial charge in [0.05, 0.1) is 103 Å². The Balaban J connectivity index is 0.869. The molecule has 0 saturated carbocycles. The van der Waals surface area contributed by atoms with E-state index in [1.807, 2.05) is 0 Å². The number of nitrogens with one attached hydrogen (secondary N) is 3. The first-order valence-corrected chi connectivity index (χ1v) is 48.3. The van der Waals surface area contributed by atoms with Crippen molar-refractivity contribution in [1.29, 1.82) is 0 Å². The summed E-state index contributed by atoms with van der Waals surface area (Å²) in [6.45, 7) is -4.15. The van der Waals surface area contributed by atoms with Crippen molar-refractivity contribution < 1.29 is 232 Å². The van der Waals surface area contributed by atoms with E-state index in [2.05, 4.69) is 16.0 Å². The molecule has 6 saturated heterocycles. The zero-order valence-electron chi connectivity index (χ0n) is 75.5. The molecule has 6 aliphatic heterocycles.